The molecule has 5 nitrogen and oxygen atoms in total. The second-order valence-corrected chi connectivity index (χ2v) is 7.61. The molecule has 3 aromatic rings. The van der Waals surface area contributed by atoms with Gasteiger partial charge in [0.15, 0.2) is 0 Å². The van der Waals surface area contributed by atoms with Crippen LogP contribution in [0.4, 0.5) is 5.69 Å². The molecule has 1 aliphatic heterocycles. The highest BCUT2D eigenvalue weighted by molar-refractivity contribution is 5.96. The van der Waals surface area contributed by atoms with E-state index >= 15 is 0 Å². The first kappa shape index (κ1) is 20.0. The minimum absolute atomic E-state index is 0.437. The Kier molecular flexibility index (Phi) is 6.49. The first-order valence-electron chi connectivity index (χ1n) is 10.3. The summed E-state index contributed by atoms with van der Waals surface area (Å²) in [5.74, 6) is 0. The summed E-state index contributed by atoms with van der Waals surface area (Å²) in [6.07, 6.45) is 2.07. The van der Waals surface area contributed by atoms with Crippen molar-refractivity contribution in [1.82, 2.24) is 4.57 Å². The van der Waals surface area contributed by atoms with E-state index in [4.69, 9.17) is 14.2 Å². The van der Waals surface area contributed by atoms with Gasteiger partial charge < -0.3 is 24.1 Å². The summed E-state index contributed by atoms with van der Waals surface area (Å²) in [5.41, 5.74) is 6.02. The lowest BCUT2D eigenvalue weighted by Crippen LogP contribution is -2.28. The van der Waals surface area contributed by atoms with Crippen molar-refractivity contribution < 1.29 is 14.2 Å². The van der Waals surface area contributed by atoms with Gasteiger partial charge in [0.2, 0.25) is 0 Å². The van der Waals surface area contributed by atoms with Crippen LogP contribution in [0.3, 0.4) is 0 Å². The van der Waals surface area contributed by atoms with Gasteiger partial charge >= 0.3 is 0 Å². The highest BCUT2D eigenvalue weighted by Gasteiger charge is 2.18. The van der Waals surface area contributed by atoms with Crippen LogP contribution in [0.1, 0.15) is 18.4 Å². The fourth-order valence-electron chi connectivity index (χ4n) is 4.04. The fraction of sp³-hybridized carbons (Fsp3) is 0.417. The third kappa shape index (κ3) is 4.64. The summed E-state index contributed by atoms with van der Waals surface area (Å²) in [7, 11) is 3.84. The lowest BCUT2D eigenvalue weighted by atomic mass is 10.1. The molecule has 154 valence electrons. The molecule has 1 aliphatic rings. The molecule has 2 aromatic carbocycles. The van der Waals surface area contributed by atoms with E-state index in [2.05, 4.69) is 65.5 Å². The van der Waals surface area contributed by atoms with Crippen LogP contribution in [0, 0.1) is 0 Å². The number of fused-ring (bicyclic) bond motifs is 1. The molecule has 0 spiro atoms. The van der Waals surface area contributed by atoms with Crippen molar-refractivity contribution in [2.45, 2.75) is 25.5 Å². The number of hydrogen-bond acceptors (Lipinski definition) is 4. The number of methoxy groups -OCH3 is 1. The molecule has 0 saturated carbocycles. The van der Waals surface area contributed by atoms with Crippen molar-refractivity contribution in [1.29, 1.82) is 0 Å². The monoisotopic (exact) mass is 394 g/mol. The van der Waals surface area contributed by atoms with Gasteiger partial charge in [-0.2, -0.15) is 0 Å². The maximum absolute atomic E-state index is 5.80. The van der Waals surface area contributed by atoms with Crippen LogP contribution >= 0.6 is 0 Å². The molecule has 0 bridgehead atoms. The zero-order valence-corrected chi connectivity index (χ0v) is 17.3. The summed E-state index contributed by atoms with van der Waals surface area (Å²) < 4.78 is 18.7. The van der Waals surface area contributed by atoms with Crippen molar-refractivity contribution in [3.63, 3.8) is 0 Å². The van der Waals surface area contributed by atoms with E-state index in [-0.39, 0.29) is 0 Å². The highest BCUT2D eigenvalue weighted by atomic mass is 16.5. The zero-order chi connectivity index (χ0) is 20.1. The first-order chi connectivity index (χ1) is 14.3. The maximum atomic E-state index is 5.80. The molecule has 0 amide bonds. The highest BCUT2D eigenvalue weighted by Crippen LogP contribution is 2.34. The number of rotatable bonds is 8. The van der Waals surface area contributed by atoms with Gasteiger partial charge in [-0.3, -0.25) is 0 Å². The summed E-state index contributed by atoms with van der Waals surface area (Å²) in [6, 6.07) is 17.7. The molecule has 1 aromatic heterocycles. The largest absolute Gasteiger partial charge is 0.382 e. The number of aryl methyl sites for hydroxylation is 1. The van der Waals surface area contributed by atoms with Crippen molar-refractivity contribution in [2.24, 2.45) is 7.05 Å². The summed E-state index contributed by atoms with van der Waals surface area (Å²) in [6.45, 7) is 3.43. The molecular weight excluding hydrogens is 364 g/mol. The molecule has 1 fully saturated rings. The summed E-state index contributed by atoms with van der Waals surface area (Å²) >= 11 is 0. The van der Waals surface area contributed by atoms with E-state index in [0.29, 0.717) is 25.9 Å². The molecule has 29 heavy (non-hydrogen) atoms. The summed E-state index contributed by atoms with van der Waals surface area (Å²) in [5, 5.41) is 5.02. The second kappa shape index (κ2) is 9.44. The Balaban J connectivity index is 1.70. The Morgan fingerprint density at radius 1 is 1.07 bits per heavy atom. The predicted octanol–water partition coefficient (Wildman–Crippen LogP) is 4.60. The second-order valence-electron chi connectivity index (χ2n) is 7.61. The zero-order valence-electron chi connectivity index (χ0n) is 17.3. The normalized spacial score (nSPS) is 15.1. The molecule has 0 atom stereocenters. The van der Waals surface area contributed by atoms with Gasteiger partial charge in [0, 0.05) is 44.5 Å². The third-order valence-electron chi connectivity index (χ3n) is 5.54. The standard InChI is InChI=1S/C24H30N2O3/c1-26-23(19-6-4-3-5-7-19)16-20-14-18(17-29-13-12-27-2)15-22(24(20)26)25-21-8-10-28-11-9-21/h3-7,14-16,21,25H,8-13,17H2,1-2H3. The van der Waals surface area contributed by atoms with Crippen molar-refractivity contribution in [2.75, 3.05) is 38.9 Å². The maximum Gasteiger partial charge on any atom is 0.0719 e. The number of aromatic nitrogens is 1. The molecule has 0 aliphatic carbocycles. The van der Waals surface area contributed by atoms with E-state index in [1.165, 1.54) is 33.4 Å². The van der Waals surface area contributed by atoms with Gasteiger partial charge in [0.1, 0.15) is 0 Å². The Labute approximate surface area is 172 Å². The average Bonchev–Trinajstić information content (AvgIpc) is 3.09. The Morgan fingerprint density at radius 3 is 2.62 bits per heavy atom. The Hall–Kier alpha value is -2.34. The lowest BCUT2D eigenvalue weighted by molar-refractivity contribution is 0.0617. The number of hydrogen-bond donors (Lipinski definition) is 1. The van der Waals surface area contributed by atoms with Gasteiger partial charge in [-0.05, 0) is 42.2 Å². The van der Waals surface area contributed by atoms with Crippen LogP contribution in [-0.2, 0) is 27.9 Å². The van der Waals surface area contributed by atoms with Crippen molar-refractivity contribution in [3.05, 3.63) is 54.1 Å². The molecular formula is C24H30N2O3. The van der Waals surface area contributed by atoms with Gasteiger partial charge in [0.05, 0.1) is 31.0 Å². The van der Waals surface area contributed by atoms with Crippen molar-refractivity contribution in [3.8, 4) is 11.3 Å². The van der Waals surface area contributed by atoms with E-state index < -0.39 is 0 Å². The first-order valence-corrected chi connectivity index (χ1v) is 10.3. The van der Waals surface area contributed by atoms with Gasteiger partial charge in [0.25, 0.3) is 0 Å². The number of ether oxygens (including phenoxy) is 3. The van der Waals surface area contributed by atoms with Crippen molar-refractivity contribution >= 4 is 16.6 Å². The number of nitrogens with one attached hydrogen (secondary N) is 1. The van der Waals surface area contributed by atoms with Gasteiger partial charge in [-0.25, -0.2) is 0 Å². The molecule has 0 radical (unpaired) electrons. The summed E-state index contributed by atoms with van der Waals surface area (Å²) in [4.78, 5) is 0. The van der Waals surface area contributed by atoms with E-state index in [1.807, 2.05) is 0 Å². The van der Waals surface area contributed by atoms with E-state index in [0.717, 1.165) is 26.1 Å². The van der Waals surface area contributed by atoms with Gasteiger partial charge in [-0.1, -0.05) is 30.3 Å². The molecule has 0 unspecified atom stereocenters. The fourth-order valence-corrected chi connectivity index (χ4v) is 4.04. The Morgan fingerprint density at radius 2 is 1.86 bits per heavy atom. The van der Waals surface area contributed by atoms with Crippen LogP contribution in [0.2, 0.25) is 0 Å². The Bertz CT molecular complexity index is 930. The quantitative estimate of drug-likeness (QED) is 0.567. The lowest BCUT2D eigenvalue weighted by Gasteiger charge is -2.25. The van der Waals surface area contributed by atoms with Crippen LogP contribution < -0.4 is 5.32 Å². The van der Waals surface area contributed by atoms with Crippen LogP contribution in [0.15, 0.2) is 48.5 Å². The smallest absolute Gasteiger partial charge is 0.0719 e. The molecule has 2 heterocycles. The predicted molar refractivity (Wildman–Crippen MR) is 117 cm³/mol. The van der Waals surface area contributed by atoms with Crippen LogP contribution in [0.5, 0.6) is 0 Å². The van der Waals surface area contributed by atoms with Crippen LogP contribution in [-0.4, -0.2) is 44.1 Å². The molecule has 4 rings (SSSR count). The number of nitrogens with zero attached hydrogens (tertiary/aromatic N) is 1. The van der Waals surface area contributed by atoms with Crippen LogP contribution in [0.25, 0.3) is 22.2 Å². The minimum atomic E-state index is 0.437. The number of benzene rings is 2. The van der Waals surface area contributed by atoms with Gasteiger partial charge in [-0.15, -0.1) is 0 Å². The molecule has 1 N–H and O–H groups in total. The van der Waals surface area contributed by atoms with E-state index in [9.17, 15) is 0 Å². The molecule has 5 heteroatoms. The minimum Gasteiger partial charge on any atom is -0.382 e. The third-order valence-corrected chi connectivity index (χ3v) is 5.54. The molecule has 1 saturated heterocycles. The average molecular weight is 395 g/mol. The SMILES string of the molecule is COCCOCc1cc(NC2CCOCC2)c2c(c1)cc(-c1ccccc1)n2C. The van der Waals surface area contributed by atoms with E-state index in [1.54, 1.807) is 7.11 Å². The number of anilines is 1. The topological polar surface area (TPSA) is 44.6 Å².